The van der Waals surface area contributed by atoms with Crippen molar-refractivity contribution in [1.82, 2.24) is 4.90 Å². The molecule has 1 aromatic rings. The van der Waals surface area contributed by atoms with E-state index in [0.717, 1.165) is 44.5 Å². The molecule has 1 amide bonds. The Morgan fingerprint density at radius 3 is 2.52 bits per heavy atom. The molecule has 136 valence electrons. The molecule has 1 aromatic carbocycles. The Hall–Kier alpha value is -1.81. The van der Waals surface area contributed by atoms with Gasteiger partial charge in [-0.2, -0.15) is 0 Å². The number of nitrogen functional groups attached to an aromatic ring is 1. The van der Waals surface area contributed by atoms with E-state index in [-0.39, 0.29) is 5.91 Å². The number of anilines is 1. The van der Waals surface area contributed by atoms with E-state index in [1.807, 2.05) is 4.90 Å². The molecule has 1 saturated heterocycles. The number of carbonyl (C=O) groups excluding carboxylic acids is 1. The SMILES string of the molecule is CC(C)(N)C(=O)N1CCC(c2ccc(N)c(C3=CCCCC3)c2)CC1. The van der Waals surface area contributed by atoms with Crippen LogP contribution in [-0.2, 0) is 4.79 Å². The Kier molecular flexibility index (Phi) is 5.19. The lowest BCUT2D eigenvalue weighted by atomic mass is 9.85. The molecule has 1 aliphatic carbocycles. The van der Waals surface area contributed by atoms with Crippen LogP contribution >= 0.6 is 0 Å². The molecule has 4 N–H and O–H groups in total. The number of likely N-dealkylation sites (tertiary alicyclic amines) is 1. The Morgan fingerprint density at radius 2 is 1.92 bits per heavy atom. The highest BCUT2D eigenvalue weighted by molar-refractivity contribution is 5.85. The van der Waals surface area contributed by atoms with E-state index < -0.39 is 5.54 Å². The molecule has 2 aliphatic rings. The van der Waals surface area contributed by atoms with E-state index in [1.165, 1.54) is 29.5 Å². The van der Waals surface area contributed by atoms with Gasteiger partial charge in [0, 0.05) is 24.3 Å². The van der Waals surface area contributed by atoms with E-state index in [1.54, 1.807) is 13.8 Å². The molecule has 0 bridgehead atoms. The van der Waals surface area contributed by atoms with Gasteiger partial charge in [-0.25, -0.2) is 0 Å². The van der Waals surface area contributed by atoms with Crippen LogP contribution in [0.5, 0.6) is 0 Å². The van der Waals surface area contributed by atoms with Gasteiger partial charge in [-0.05, 0) is 81.6 Å². The monoisotopic (exact) mass is 341 g/mol. The molecule has 0 radical (unpaired) electrons. The highest BCUT2D eigenvalue weighted by Crippen LogP contribution is 2.35. The van der Waals surface area contributed by atoms with Gasteiger partial charge in [0.1, 0.15) is 0 Å². The van der Waals surface area contributed by atoms with Crippen LogP contribution < -0.4 is 11.5 Å². The first-order chi connectivity index (χ1) is 11.9. The molecule has 4 heteroatoms. The molecular formula is C21H31N3O. The number of nitrogens with zero attached hydrogens (tertiary/aromatic N) is 1. The lowest BCUT2D eigenvalue weighted by molar-refractivity contribution is -0.136. The van der Waals surface area contributed by atoms with Gasteiger partial charge in [-0.1, -0.05) is 12.1 Å². The van der Waals surface area contributed by atoms with E-state index in [0.29, 0.717) is 5.92 Å². The van der Waals surface area contributed by atoms with Crippen LogP contribution in [0, 0.1) is 0 Å². The van der Waals surface area contributed by atoms with Crippen molar-refractivity contribution in [3.05, 3.63) is 35.4 Å². The fourth-order valence-electron chi connectivity index (χ4n) is 4.01. The average molecular weight is 341 g/mol. The third-order valence-corrected chi connectivity index (χ3v) is 5.52. The maximum absolute atomic E-state index is 12.3. The van der Waals surface area contributed by atoms with E-state index in [2.05, 4.69) is 24.3 Å². The zero-order chi connectivity index (χ0) is 18.0. The second-order valence-electron chi connectivity index (χ2n) is 8.11. The third-order valence-electron chi connectivity index (χ3n) is 5.52. The summed E-state index contributed by atoms with van der Waals surface area (Å²) in [5.41, 5.74) is 16.3. The number of carbonyl (C=O) groups is 1. The fraction of sp³-hybridized carbons (Fsp3) is 0.571. The summed E-state index contributed by atoms with van der Waals surface area (Å²) in [5, 5.41) is 0. The van der Waals surface area contributed by atoms with Gasteiger partial charge >= 0.3 is 0 Å². The molecule has 0 spiro atoms. The van der Waals surface area contributed by atoms with Crippen molar-refractivity contribution in [2.24, 2.45) is 5.73 Å². The van der Waals surface area contributed by atoms with Crippen LogP contribution in [0.4, 0.5) is 5.69 Å². The molecule has 0 unspecified atom stereocenters. The summed E-state index contributed by atoms with van der Waals surface area (Å²) in [6.07, 6.45) is 9.16. The number of rotatable bonds is 3. The second-order valence-corrected chi connectivity index (χ2v) is 8.11. The van der Waals surface area contributed by atoms with Crippen LogP contribution in [0.15, 0.2) is 24.3 Å². The predicted molar refractivity (Wildman–Crippen MR) is 104 cm³/mol. The molecule has 0 aromatic heterocycles. The molecule has 1 fully saturated rings. The molecular weight excluding hydrogens is 310 g/mol. The molecule has 0 saturated carbocycles. The van der Waals surface area contributed by atoms with Crippen LogP contribution in [0.25, 0.3) is 5.57 Å². The minimum Gasteiger partial charge on any atom is -0.398 e. The van der Waals surface area contributed by atoms with Crippen molar-refractivity contribution in [1.29, 1.82) is 0 Å². The lowest BCUT2D eigenvalue weighted by Crippen LogP contribution is -2.53. The summed E-state index contributed by atoms with van der Waals surface area (Å²) in [4.78, 5) is 14.3. The Bertz CT molecular complexity index is 664. The summed E-state index contributed by atoms with van der Waals surface area (Å²) in [6, 6.07) is 6.51. The first-order valence-electron chi connectivity index (χ1n) is 9.53. The molecule has 0 atom stereocenters. The molecule has 4 nitrogen and oxygen atoms in total. The molecule has 3 rings (SSSR count). The lowest BCUT2D eigenvalue weighted by Gasteiger charge is -2.36. The average Bonchev–Trinajstić information content (AvgIpc) is 2.62. The minimum atomic E-state index is -0.783. The predicted octanol–water partition coefficient (Wildman–Crippen LogP) is 3.67. The smallest absolute Gasteiger partial charge is 0.242 e. The van der Waals surface area contributed by atoms with Crippen LogP contribution in [-0.4, -0.2) is 29.4 Å². The van der Waals surface area contributed by atoms with Gasteiger partial charge in [0.2, 0.25) is 5.91 Å². The third kappa shape index (κ3) is 4.06. The Morgan fingerprint density at radius 1 is 1.20 bits per heavy atom. The summed E-state index contributed by atoms with van der Waals surface area (Å²) in [7, 11) is 0. The topological polar surface area (TPSA) is 72.4 Å². The van der Waals surface area contributed by atoms with Gasteiger partial charge in [-0.3, -0.25) is 4.79 Å². The van der Waals surface area contributed by atoms with Gasteiger partial charge in [0.05, 0.1) is 5.54 Å². The Labute approximate surface area is 151 Å². The number of amides is 1. The van der Waals surface area contributed by atoms with E-state index in [9.17, 15) is 4.79 Å². The first kappa shape index (κ1) is 18.0. The van der Waals surface area contributed by atoms with Crippen molar-refractivity contribution in [3.8, 4) is 0 Å². The number of allylic oxidation sites excluding steroid dienone is 2. The highest BCUT2D eigenvalue weighted by atomic mass is 16.2. The van der Waals surface area contributed by atoms with Gasteiger partial charge < -0.3 is 16.4 Å². The maximum Gasteiger partial charge on any atom is 0.242 e. The standard InChI is InChI=1S/C21H31N3O/c1-21(2,23)20(25)24-12-10-15(11-13-24)17-8-9-19(22)18(14-17)16-6-4-3-5-7-16/h6,8-9,14-15H,3-5,7,10-13,22-23H2,1-2H3. The van der Waals surface area contributed by atoms with Gasteiger partial charge in [0.25, 0.3) is 0 Å². The normalized spacial score (nSPS) is 19.6. The highest BCUT2D eigenvalue weighted by Gasteiger charge is 2.31. The van der Waals surface area contributed by atoms with Gasteiger partial charge in [-0.15, -0.1) is 0 Å². The van der Waals surface area contributed by atoms with Crippen molar-refractivity contribution in [2.75, 3.05) is 18.8 Å². The fourth-order valence-corrected chi connectivity index (χ4v) is 4.01. The largest absolute Gasteiger partial charge is 0.398 e. The van der Waals surface area contributed by atoms with Crippen molar-refractivity contribution in [2.45, 2.75) is 63.8 Å². The number of hydrogen-bond acceptors (Lipinski definition) is 3. The number of piperidine rings is 1. The van der Waals surface area contributed by atoms with Crippen molar-refractivity contribution >= 4 is 17.2 Å². The van der Waals surface area contributed by atoms with Crippen LogP contribution in [0.1, 0.15) is 69.4 Å². The quantitative estimate of drug-likeness (QED) is 0.824. The second kappa shape index (κ2) is 7.20. The van der Waals surface area contributed by atoms with E-state index >= 15 is 0 Å². The zero-order valence-corrected chi connectivity index (χ0v) is 15.6. The van der Waals surface area contributed by atoms with Crippen molar-refractivity contribution in [3.63, 3.8) is 0 Å². The Balaban J connectivity index is 1.72. The van der Waals surface area contributed by atoms with Crippen LogP contribution in [0.2, 0.25) is 0 Å². The van der Waals surface area contributed by atoms with Gasteiger partial charge in [0.15, 0.2) is 0 Å². The summed E-state index contributed by atoms with van der Waals surface area (Å²) < 4.78 is 0. The number of hydrogen-bond donors (Lipinski definition) is 2. The maximum atomic E-state index is 12.3. The number of benzene rings is 1. The summed E-state index contributed by atoms with van der Waals surface area (Å²) >= 11 is 0. The molecule has 1 aliphatic heterocycles. The van der Waals surface area contributed by atoms with Crippen molar-refractivity contribution < 1.29 is 4.79 Å². The van der Waals surface area contributed by atoms with Crippen LogP contribution in [0.3, 0.4) is 0 Å². The zero-order valence-electron chi connectivity index (χ0n) is 15.6. The molecule has 1 heterocycles. The first-order valence-corrected chi connectivity index (χ1v) is 9.53. The summed E-state index contributed by atoms with van der Waals surface area (Å²) in [5.74, 6) is 0.546. The summed E-state index contributed by atoms with van der Waals surface area (Å²) in [6.45, 7) is 5.14. The number of nitrogens with two attached hydrogens (primary N) is 2. The minimum absolute atomic E-state index is 0.0521. The molecule has 25 heavy (non-hydrogen) atoms. The van der Waals surface area contributed by atoms with E-state index in [4.69, 9.17) is 11.5 Å².